The van der Waals surface area contributed by atoms with Gasteiger partial charge in [-0.05, 0) is 13.0 Å². The molecule has 10 heavy (non-hydrogen) atoms. The first-order valence-corrected chi connectivity index (χ1v) is 4.49. The maximum Gasteiger partial charge on any atom is 0.280 e. The van der Waals surface area contributed by atoms with E-state index in [4.69, 9.17) is 0 Å². The largest absolute Gasteiger partial charge is 0.346 e. The fourth-order valence-corrected chi connectivity index (χ4v) is 0.821. The molecule has 0 spiro atoms. The topological polar surface area (TPSA) is 41.1 Å². The van der Waals surface area contributed by atoms with E-state index >= 15 is 0 Å². The summed E-state index contributed by atoms with van der Waals surface area (Å²) in [5.74, 6) is 0. The molecule has 0 atom stereocenters. The number of amides is 1. The van der Waals surface area contributed by atoms with Crippen molar-refractivity contribution in [2.24, 2.45) is 0 Å². The molecule has 0 rings (SSSR count). The first-order valence-electron chi connectivity index (χ1n) is 3.41. The highest BCUT2D eigenvalue weighted by Gasteiger charge is 1.89. The van der Waals surface area contributed by atoms with Gasteiger partial charge >= 0.3 is 0 Å². The SMILES string of the molecule is CCCNCCNC(=O)I. The molecular formula is C6H13IN2O. The highest BCUT2D eigenvalue weighted by Crippen LogP contribution is 1.80. The Bertz CT molecular complexity index is 97.7. The lowest BCUT2D eigenvalue weighted by Gasteiger charge is -2.01. The van der Waals surface area contributed by atoms with Gasteiger partial charge in [0.1, 0.15) is 0 Å². The van der Waals surface area contributed by atoms with Gasteiger partial charge in [0.2, 0.25) is 0 Å². The lowest BCUT2D eigenvalue weighted by Crippen LogP contribution is -2.28. The van der Waals surface area contributed by atoms with Gasteiger partial charge in [-0.25, -0.2) is 0 Å². The van der Waals surface area contributed by atoms with Crippen LogP contribution in [0.4, 0.5) is 4.79 Å². The molecule has 0 aliphatic carbocycles. The summed E-state index contributed by atoms with van der Waals surface area (Å²) in [5.41, 5.74) is 0. The zero-order valence-electron chi connectivity index (χ0n) is 6.11. The van der Waals surface area contributed by atoms with Crippen molar-refractivity contribution in [2.75, 3.05) is 19.6 Å². The second-order valence-electron chi connectivity index (χ2n) is 1.95. The van der Waals surface area contributed by atoms with Crippen LogP contribution in [0.2, 0.25) is 0 Å². The molecule has 0 unspecified atom stereocenters. The predicted octanol–water partition coefficient (Wildman–Crippen LogP) is 1.13. The normalized spacial score (nSPS) is 9.40. The molecule has 0 aromatic carbocycles. The number of hydrogen-bond donors (Lipinski definition) is 2. The van der Waals surface area contributed by atoms with E-state index in [1.807, 2.05) is 0 Å². The first-order chi connectivity index (χ1) is 4.77. The third-order valence-electron chi connectivity index (χ3n) is 0.993. The van der Waals surface area contributed by atoms with Gasteiger partial charge in [0.25, 0.3) is 3.91 Å². The molecule has 1 amide bonds. The quantitative estimate of drug-likeness (QED) is 0.335. The fourth-order valence-electron chi connectivity index (χ4n) is 0.551. The Morgan fingerprint density at radius 1 is 1.40 bits per heavy atom. The maximum atomic E-state index is 10.3. The van der Waals surface area contributed by atoms with E-state index in [9.17, 15) is 4.79 Å². The van der Waals surface area contributed by atoms with E-state index in [2.05, 4.69) is 17.6 Å². The summed E-state index contributed by atoms with van der Waals surface area (Å²) in [5, 5.41) is 5.86. The van der Waals surface area contributed by atoms with Crippen LogP contribution in [0.5, 0.6) is 0 Å². The van der Waals surface area contributed by atoms with Crippen molar-refractivity contribution in [3.8, 4) is 0 Å². The van der Waals surface area contributed by atoms with Crippen LogP contribution in [-0.2, 0) is 0 Å². The van der Waals surface area contributed by atoms with Crippen LogP contribution >= 0.6 is 22.6 Å². The van der Waals surface area contributed by atoms with Crippen LogP contribution < -0.4 is 10.6 Å². The first kappa shape index (κ1) is 10.2. The van der Waals surface area contributed by atoms with Gasteiger partial charge in [0.05, 0.1) is 0 Å². The van der Waals surface area contributed by atoms with E-state index in [1.54, 1.807) is 22.6 Å². The summed E-state index contributed by atoms with van der Waals surface area (Å²) in [6.07, 6.45) is 1.14. The summed E-state index contributed by atoms with van der Waals surface area (Å²) in [6, 6.07) is 0. The fraction of sp³-hybridized carbons (Fsp3) is 0.833. The van der Waals surface area contributed by atoms with E-state index in [-0.39, 0.29) is 3.91 Å². The van der Waals surface area contributed by atoms with Crippen molar-refractivity contribution < 1.29 is 4.79 Å². The third-order valence-corrected chi connectivity index (χ3v) is 1.37. The molecular weight excluding hydrogens is 243 g/mol. The number of nitrogens with one attached hydrogen (secondary N) is 2. The van der Waals surface area contributed by atoms with Crippen molar-refractivity contribution >= 4 is 26.5 Å². The molecule has 0 aromatic heterocycles. The standard InChI is InChI=1S/C6H13IN2O/c1-2-3-8-4-5-9-6(7)10/h8H,2-5H2,1H3,(H,9,10). The van der Waals surface area contributed by atoms with E-state index in [0.29, 0.717) is 0 Å². The Morgan fingerprint density at radius 3 is 2.60 bits per heavy atom. The van der Waals surface area contributed by atoms with Crippen LogP contribution in [0.15, 0.2) is 0 Å². The van der Waals surface area contributed by atoms with Gasteiger partial charge in [-0.2, -0.15) is 0 Å². The smallest absolute Gasteiger partial charge is 0.280 e. The number of carbonyl (C=O) groups is 1. The minimum absolute atomic E-state index is 0.0101. The van der Waals surface area contributed by atoms with Crippen LogP contribution in [-0.4, -0.2) is 23.5 Å². The van der Waals surface area contributed by atoms with Gasteiger partial charge in [-0.1, -0.05) is 6.92 Å². The highest BCUT2D eigenvalue weighted by molar-refractivity contribution is 14.1. The lowest BCUT2D eigenvalue weighted by molar-refractivity contribution is 0.263. The number of halogens is 1. The Labute approximate surface area is 75.1 Å². The second-order valence-corrected chi connectivity index (χ2v) is 2.93. The van der Waals surface area contributed by atoms with E-state index < -0.39 is 0 Å². The Kier molecular flexibility index (Phi) is 7.39. The molecule has 0 bridgehead atoms. The lowest BCUT2D eigenvalue weighted by atomic mass is 10.5. The van der Waals surface area contributed by atoms with E-state index in [0.717, 1.165) is 26.1 Å². The van der Waals surface area contributed by atoms with Crippen molar-refractivity contribution in [3.05, 3.63) is 0 Å². The van der Waals surface area contributed by atoms with E-state index in [1.165, 1.54) is 0 Å². The molecule has 3 nitrogen and oxygen atoms in total. The molecule has 0 radical (unpaired) electrons. The van der Waals surface area contributed by atoms with Gasteiger partial charge < -0.3 is 10.6 Å². The summed E-state index contributed by atoms with van der Waals surface area (Å²) < 4.78 is 0.0101. The zero-order chi connectivity index (χ0) is 7.82. The van der Waals surface area contributed by atoms with Gasteiger partial charge in [0.15, 0.2) is 0 Å². The Morgan fingerprint density at radius 2 is 2.10 bits per heavy atom. The molecule has 60 valence electrons. The average molecular weight is 256 g/mol. The van der Waals surface area contributed by atoms with Gasteiger partial charge in [0, 0.05) is 35.7 Å². The second kappa shape index (κ2) is 7.27. The predicted molar refractivity (Wildman–Crippen MR) is 50.6 cm³/mol. The van der Waals surface area contributed by atoms with Crippen molar-refractivity contribution in [1.82, 2.24) is 10.6 Å². The van der Waals surface area contributed by atoms with Crippen LogP contribution in [0.3, 0.4) is 0 Å². The number of hydrogen-bond acceptors (Lipinski definition) is 2. The summed E-state index contributed by atoms with van der Waals surface area (Å²) >= 11 is 1.73. The van der Waals surface area contributed by atoms with Crippen molar-refractivity contribution in [3.63, 3.8) is 0 Å². The van der Waals surface area contributed by atoms with Crippen molar-refractivity contribution in [1.29, 1.82) is 0 Å². The van der Waals surface area contributed by atoms with Gasteiger partial charge in [-0.15, -0.1) is 0 Å². The Hall–Kier alpha value is 0.160. The van der Waals surface area contributed by atoms with Crippen LogP contribution in [0.25, 0.3) is 0 Å². The molecule has 0 heterocycles. The number of rotatable bonds is 5. The molecule has 0 aliphatic heterocycles. The summed E-state index contributed by atoms with van der Waals surface area (Å²) in [4.78, 5) is 10.3. The van der Waals surface area contributed by atoms with Crippen LogP contribution in [0.1, 0.15) is 13.3 Å². The monoisotopic (exact) mass is 256 g/mol. The minimum atomic E-state index is 0.0101. The average Bonchev–Trinajstić information content (AvgIpc) is 1.87. The zero-order valence-corrected chi connectivity index (χ0v) is 8.27. The molecule has 0 aliphatic rings. The van der Waals surface area contributed by atoms with Gasteiger partial charge in [-0.3, -0.25) is 4.79 Å². The molecule has 2 N–H and O–H groups in total. The molecule has 0 fully saturated rings. The third kappa shape index (κ3) is 8.16. The molecule has 4 heteroatoms. The molecule has 0 saturated carbocycles. The maximum absolute atomic E-state index is 10.3. The molecule has 0 saturated heterocycles. The summed E-state index contributed by atoms with van der Waals surface area (Å²) in [6.45, 7) is 4.73. The Balaban J connectivity index is 2.84. The van der Waals surface area contributed by atoms with Crippen LogP contribution in [0, 0.1) is 0 Å². The molecule has 0 aromatic rings. The van der Waals surface area contributed by atoms with Crippen molar-refractivity contribution in [2.45, 2.75) is 13.3 Å². The summed E-state index contributed by atoms with van der Waals surface area (Å²) in [7, 11) is 0. The number of carbonyl (C=O) groups excluding carboxylic acids is 1. The minimum Gasteiger partial charge on any atom is -0.346 e. The highest BCUT2D eigenvalue weighted by atomic mass is 127.